The van der Waals surface area contributed by atoms with Crippen LogP contribution in [0, 0.1) is 11.3 Å². The van der Waals surface area contributed by atoms with Gasteiger partial charge in [-0.15, -0.1) is 4.31 Å². The molecule has 0 aliphatic heterocycles. The number of rotatable bonds is 5. The van der Waals surface area contributed by atoms with Gasteiger partial charge in [-0.05, 0) is 12.1 Å². The Hall–Kier alpha value is -2.15. The van der Waals surface area contributed by atoms with Crippen LogP contribution in [-0.4, -0.2) is 32.3 Å². The molecule has 1 aromatic carbocycles. The van der Waals surface area contributed by atoms with Crippen LogP contribution in [-0.2, 0) is 22.3 Å². The first-order chi connectivity index (χ1) is 13.7. The van der Waals surface area contributed by atoms with E-state index in [1.54, 1.807) is 13.8 Å². The first-order valence-corrected chi connectivity index (χ1v) is 10.4. The van der Waals surface area contributed by atoms with Gasteiger partial charge in [-0.1, -0.05) is 37.0 Å². The number of anilines is 2. The highest BCUT2D eigenvalue weighted by molar-refractivity contribution is 7.92. The molecule has 1 aromatic heterocycles. The van der Waals surface area contributed by atoms with Gasteiger partial charge in [0.1, 0.15) is 17.8 Å². The Morgan fingerprint density at radius 2 is 1.83 bits per heavy atom. The summed E-state index contributed by atoms with van der Waals surface area (Å²) in [7, 11) is 0. The number of hydrogen-bond donors (Lipinski definition) is 3. The zero-order valence-corrected chi connectivity index (χ0v) is 18.2. The highest BCUT2D eigenvalue weighted by Gasteiger charge is 2.37. The van der Waals surface area contributed by atoms with Gasteiger partial charge in [-0.25, -0.2) is 4.68 Å². The molecule has 0 radical (unpaired) electrons. The summed E-state index contributed by atoms with van der Waals surface area (Å²) in [6.07, 6.45) is -3.49. The van der Waals surface area contributed by atoms with Crippen molar-refractivity contribution in [3.8, 4) is 5.69 Å². The summed E-state index contributed by atoms with van der Waals surface area (Å²) in [6.45, 7) is 3.11. The Kier molecular flexibility index (Phi) is 6.86. The van der Waals surface area contributed by atoms with Crippen LogP contribution >= 0.6 is 23.2 Å². The molecule has 2 aromatic rings. The smallest absolute Gasteiger partial charge is 0.416 e. The number of nitrogen functional groups attached to an aromatic ring is 2. The van der Waals surface area contributed by atoms with Crippen molar-refractivity contribution in [2.75, 3.05) is 16.3 Å². The van der Waals surface area contributed by atoms with Crippen LogP contribution in [0.3, 0.4) is 0 Å². The third kappa shape index (κ3) is 4.46. The van der Waals surface area contributed by atoms with Gasteiger partial charge < -0.3 is 16.0 Å². The van der Waals surface area contributed by atoms with Crippen molar-refractivity contribution in [2.24, 2.45) is 11.7 Å². The van der Waals surface area contributed by atoms with Crippen molar-refractivity contribution in [3.63, 3.8) is 0 Å². The van der Waals surface area contributed by atoms with E-state index in [0.717, 1.165) is 8.99 Å². The quantitative estimate of drug-likeness (QED) is 0.339. The number of benzene rings is 1. The van der Waals surface area contributed by atoms with Crippen molar-refractivity contribution in [1.82, 2.24) is 9.78 Å². The Bertz CT molecular complexity index is 987. The van der Waals surface area contributed by atoms with E-state index >= 15 is 0 Å². The van der Waals surface area contributed by atoms with E-state index in [1.165, 1.54) is 6.26 Å². The van der Waals surface area contributed by atoms with Gasteiger partial charge in [0.05, 0.1) is 27.0 Å². The minimum atomic E-state index is -4.70. The van der Waals surface area contributed by atoms with Crippen LogP contribution in [0.2, 0.25) is 10.0 Å². The molecule has 14 heteroatoms. The molecular formula is C16H17Cl2F3N6O2S. The van der Waals surface area contributed by atoms with Crippen LogP contribution in [0.15, 0.2) is 12.1 Å². The lowest BCUT2D eigenvalue weighted by atomic mass is 10.2. The maximum atomic E-state index is 13.0. The molecule has 0 saturated carbocycles. The van der Waals surface area contributed by atoms with Crippen LogP contribution in [0.4, 0.5) is 24.7 Å². The number of nitrogens with one attached hydrogen (secondary N) is 1. The van der Waals surface area contributed by atoms with Gasteiger partial charge >= 0.3 is 6.18 Å². The number of amidine groups is 1. The summed E-state index contributed by atoms with van der Waals surface area (Å²) in [6, 6.07) is 1.26. The molecule has 2 rings (SSSR count). The van der Waals surface area contributed by atoms with E-state index in [9.17, 15) is 22.5 Å². The molecule has 8 nitrogen and oxygen atoms in total. The highest BCUT2D eigenvalue weighted by atomic mass is 35.5. The van der Waals surface area contributed by atoms with Crippen LogP contribution in [0.5, 0.6) is 0 Å². The largest absolute Gasteiger partial charge is 0.593 e. The lowest BCUT2D eigenvalue weighted by molar-refractivity contribution is -0.137. The molecule has 0 bridgehead atoms. The molecule has 0 aliphatic carbocycles. The van der Waals surface area contributed by atoms with Crippen molar-refractivity contribution < 1.29 is 22.5 Å². The number of aromatic nitrogens is 2. The second kappa shape index (κ2) is 8.53. The van der Waals surface area contributed by atoms with Crippen LogP contribution in [0.25, 0.3) is 5.69 Å². The number of amides is 1. The van der Waals surface area contributed by atoms with Crippen molar-refractivity contribution >= 4 is 57.8 Å². The number of nitrogens with zero attached hydrogens (tertiary/aromatic N) is 3. The minimum Gasteiger partial charge on any atom is -0.593 e. The SMILES string of the molecule is CC(C)C(=O)N(c1c(C(=N)N)nn(-c2c(Cl)cc(C(F)(F)F)cc2Cl)c1N)[S+](C)[O-]. The van der Waals surface area contributed by atoms with Gasteiger partial charge in [0.15, 0.2) is 17.2 Å². The average molecular weight is 485 g/mol. The number of halogens is 5. The average Bonchev–Trinajstić information content (AvgIpc) is 2.91. The third-order valence-corrected chi connectivity index (χ3v) is 5.31. The molecule has 1 heterocycles. The van der Waals surface area contributed by atoms with E-state index in [-0.39, 0.29) is 22.9 Å². The van der Waals surface area contributed by atoms with Crippen LogP contribution < -0.4 is 15.8 Å². The van der Waals surface area contributed by atoms with E-state index in [4.69, 9.17) is 40.1 Å². The first-order valence-electron chi connectivity index (χ1n) is 8.15. The monoisotopic (exact) mass is 484 g/mol. The molecule has 1 amide bonds. The fraction of sp³-hybridized carbons (Fsp3) is 0.312. The number of carbonyl (C=O) groups is 1. The summed E-state index contributed by atoms with van der Waals surface area (Å²) < 4.78 is 53.0. The maximum Gasteiger partial charge on any atom is 0.416 e. The molecular weight excluding hydrogens is 468 g/mol. The fourth-order valence-corrected chi connectivity index (χ4v) is 4.05. The predicted octanol–water partition coefficient (Wildman–Crippen LogP) is 3.35. The summed E-state index contributed by atoms with van der Waals surface area (Å²) in [5, 5.41) is 10.9. The van der Waals surface area contributed by atoms with E-state index < -0.39 is 50.8 Å². The number of hydrogen-bond acceptors (Lipinski definition) is 5. The number of nitrogens with two attached hydrogens (primary N) is 2. The van der Waals surface area contributed by atoms with Crippen molar-refractivity contribution in [2.45, 2.75) is 20.0 Å². The highest BCUT2D eigenvalue weighted by Crippen LogP contribution is 2.40. The molecule has 0 saturated heterocycles. The summed E-state index contributed by atoms with van der Waals surface area (Å²) in [4.78, 5) is 12.6. The van der Waals surface area contributed by atoms with Gasteiger partial charge in [0.25, 0.3) is 5.91 Å². The summed E-state index contributed by atoms with van der Waals surface area (Å²) in [5.41, 5.74) is 9.76. The Morgan fingerprint density at radius 3 is 2.20 bits per heavy atom. The van der Waals surface area contributed by atoms with E-state index in [2.05, 4.69) is 5.10 Å². The summed E-state index contributed by atoms with van der Waals surface area (Å²) >= 11 is 10.1. The van der Waals surface area contributed by atoms with Gasteiger partial charge in [0.2, 0.25) is 0 Å². The lowest BCUT2D eigenvalue weighted by Gasteiger charge is -2.23. The topological polar surface area (TPSA) is 137 Å². The predicted molar refractivity (Wildman–Crippen MR) is 110 cm³/mol. The van der Waals surface area contributed by atoms with Crippen molar-refractivity contribution in [3.05, 3.63) is 33.4 Å². The molecule has 1 unspecified atom stereocenters. The molecule has 0 fully saturated rings. The Labute approximate surface area is 182 Å². The Balaban J connectivity index is 2.82. The molecule has 30 heavy (non-hydrogen) atoms. The molecule has 5 N–H and O–H groups in total. The molecule has 0 aliphatic rings. The molecule has 1 atom stereocenters. The lowest BCUT2D eigenvalue weighted by Crippen LogP contribution is -2.40. The maximum absolute atomic E-state index is 13.0. The van der Waals surface area contributed by atoms with Crippen LogP contribution in [0.1, 0.15) is 25.1 Å². The fourth-order valence-electron chi connectivity index (χ4n) is 2.51. The molecule has 0 spiro atoms. The molecule has 164 valence electrons. The first kappa shape index (κ1) is 24.1. The zero-order chi connectivity index (χ0) is 23.1. The Morgan fingerprint density at radius 1 is 1.33 bits per heavy atom. The number of carbonyl (C=O) groups excluding carboxylic acids is 1. The van der Waals surface area contributed by atoms with Gasteiger partial charge in [-0.2, -0.15) is 18.3 Å². The van der Waals surface area contributed by atoms with Crippen molar-refractivity contribution in [1.29, 1.82) is 5.41 Å². The standard InChI is InChI=1S/C16H17Cl2F3N6O2S/c1-6(2)15(28)27(30(3)29)12-10(13(22)23)25-26(14(12)24)11-8(17)4-7(5-9(11)18)16(19,20)21/h4-6H,24H2,1-3H3,(H3,22,23). The summed E-state index contributed by atoms with van der Waals surface area (Å²) in [5.74, 6) is -2.17. The van der Waals surface area contributed by atoms with Gasteiger partial charge in [-0.3, -0.25) is 10.2 Å². The zero-order valence-electron chi connectivity index (χ0n) is 15.8. The van der Waals surface area contributed by atoms with Gasteiger partial charge in [0, 0.05) is 5.92 Å². The second-order valence-corrected chi connectivity index (χ2v) is 8.43. The van der Waals surface area contributed by atoms with E-state index in [1.807, 2.05) is 0 Å². The number of alkyl halides is 3. The van der Waals surface area contributed by atoms with E-state index in [0.29, 0.717) is 12.1 Å². The normalized spacial score (nSPS) is 12.9. The second-order valence-electron chi connectivity index (χ2n) is 6.41. The minimum absolute atomic E-state index is 0.226. The third-order valence-electron chi connectivity index (χ3n) is 3.86.